The fourth-order valence-corrected chi connectivity index (χ4v) is 2.30. The van der Waals surface area contributed by atoms with Crippen molar-refractivity contribution in [2.45, 2.75) is 0 Å². The number of nitrogens with zero attached hydrogens (tertiary/aromatic N) is 2. The minimum absolute atomic E-state index is 0.204. The van der Waals surface area contributed by atoms with Crippen LogP contribution in [0.25, 0.3) is 16.7 Å². The third kappa shape index (κ3) is 1.86. The van der Waals surface area contributed by atoms with Crippen LogP contribution in [0.3, 0.4) is 0 Å². The van der Waals surface area contributed by atoms with E-state index < -0.39 is 5.97 Å². The number of halogens is 1. The van der Waals surface area contributed by atoms with Crippen molar-refractivity contribution in [1.82, 2.24) is 9.55 Å². The maximum absolute atomic E-state index is 11.3. The van der Waals surface area contributed by atoms with Gasteiger partial charge in [-0.1, -0.05) is 29.8 Å². The largest absolute Gasteiger partial charge is 0.478 e. The van der Waals surface area contributed by atoms with E-state index in [1.807, 2.05) is 18.2 Å². The number of para-hydroxylation sites is 2. The average molecular weight is 273 g/mol. The highest BCUT2D eigenvalue weighted by molar-refractivity contribution is 6.32. The van der Waals surface area contributed by atoms with Crippen LogP contribution in [0.15, 0.2) is 48.8 Å². The van der Waals surface area contributed by atoms with Gasteiger partial charge in [-0.25, -0.2) is 9.78 Å². The van der Waals surface area contributed by atoms with Gasteiger partial charge in [0.2, 0.25) is 0 Å². The van der Waals surface area contributed by atoms with Crippen LogP contribution in [0.4, 0.5) is 0 Å². The number of carbonyl (C=O) groups is 1. The molecule has 0 bridgehead atoms. The Morgan fingerprint density at radius 3 is 2.68 bits per heavy atom. The third-order valence-corrected chi connectivity index (χ3v) is 3.23. The SMILES string of the molecule is O=C(O)c1cccc2ncn(-c3ccccc3Cl)c12. The van der Waals surface area contributed by atoms with Crippen LogP contribution in [0, 0.1) is 0 Å². The lowest BCUT2D eigenvalue weighted by atomic mass is 10.2. The molecule has 0 saturated carbocycles. The number of benzene rings is 2. The number of imidazole rings is 1. The molecule has 1 heterocycles. The summed E-state index contributed by atoms with van der Waals surface area (Å²) in [6.45, 7) is 0. The van der Waals surface area contributed by atoms with Crippen LogP contribution in [-0.2, 0) is 0 Å². The number of aromatic nitrogens is 2. The van der Waals surface area contributed by atoms with Crippen LogP contribution in [0.2, 0.25) is 5.02 Å². The summed E-state index contributed by atoms with van der Waals surface area (Å²) in [6.07, 6.45) is 1.58. The van der Waals surface area contributed by atoms with Gasteiger partial charge in [0.05, 0.1) is 27.3 Å². The summed E-state index contributed by atoms with van der Waals surface area (Å²) in [7, 11) is 0. The summed E-state index contributed by atoms with van der Waals surface area (Å²) in [4.78, 5) is 15.5. The highest BCUT2D eigenvalue weighted by atomic mass is 35.5. The molecule has 0 aliphatic heterocycles. The molecule has 0 amide bonds. The van der Waals surface area contributed by atoms with Gasteiger partial charge in [-0.3, -0.25) is 4.57 Å². The fourth-order valence-electron chi connectivity index (χ4n) is 2.07. The summed E-state index contributed by atoms with van der Waals surface area (Å²) in [6, 6.07) is 12.2. The molecule has 0 aliphatic carbocycles. The lowest BCUT2D eigenvalue weighted by Gasteiger charge is -2.08. The van der Waals surface area contributed by atoms with Crippen molar-refractivity contribution in [1.29, 1.82) is 0 Å². The molecule has 4 nitrogen and oxygen atoms in total. The van der Waals surface area contributed by atoms with Crippen molar-refractivity contribution in [3.8, 4) is 5.69 Å². The summed E-state index contributed by atoms with van der Waals surface area (Å²) in [5.74, 6) is -0.987. The lowest BCUT2D eigenvalue weighted by Crippen LogP contribution is -2.01. The second kappa shape index (κ2) is 4.40. The van der Waals surface area contributed by atoms with E-state index in [9.17, 15) is 9.90 Å². The van der Waals surface area contributed by atoms with Crippen molar-refractivity contribution < 1.29 is 9.90 Å². The summed E-state index contributed by atoms with van der Waals surface area (Å²) >= 11 is 6.15. The van der Waals surface area contributed by atoms with Gasteiger partial charge in [0.1, 0.15) is 6.33 Å². The van der Waals surface area contributed by atoms with E-state index in [-0.39, 0.29) is 5.56 Å². The zero-order valence-corrected chi connectivity index (χ0v) is 10.5. The molecule has 0 fully saturated rings. The molecule has 0 atom stereocenters. The molecular weight excluding hydrogens is 264 g/mol. The number of aromatic carboxylic acids is 1. The van der Waals surface area contributed by atoms with Crippen molar-refractivity contribution >= 4 is 28.6 Å². The molecule has 0 radical (unpaired) electrons. The van der Waals surface area contributed by atoms with Gasteiger partial charge in [0, 0.05) is 0 Å². The summed E-state index contributed by atoms with van der Waals surface area (Å²) in [5, 5.41) is 9.81. The van der Waals surface area contributed by atoms with Crippen LogP contribution < -0.4 is 0 Å². The Labute approximate surface area is 113 Å². The Morgan fingerprint density at radius 2 is 1.95 bits per heavy atom. The Balaban J connectivity index is 2.37. The van der Waals surface area contributed by atoms with Crippen LogP contribution in [-0.4, -0.2) is 20.6 Å². The molecule has 0 unspecified atom stereocenters. The van der Waals surface area contributed by atoms with Gasteiger partial charge in [0.25, 0.3) is 0 Å². The van der Waals surface area contributed by atoms with Gasteiger partial charge in [-0.15, -0.1) is 0 Å². The number of carboxylic acids is 1. The fraction of sp³-hybridized carbons (Fsp3) is 0. The quantitative estimate of drug-likeness (QED) is 0.778. The Kier molecular flexibility index (Phi) is 2.72. The highest BCUT2D eigenvalue weighted by Crippen LogP contribution is 2.26. The molecule has 1 aromatic heterocycles. The first-order valence-corrected chi connectivity index (χ1v) is 6.00. The minimum atomic E-state index is -0.987. The number of rotatable bonds is 2. The summed E-state index contributed by atoms with van der Waals surface area (Å²) < 4.78 is 1.70. The number of hydrogen-bond donors (Lipinski definition) is 1. The van der Waals surface area contributed by atoms with Gasteiger partial charge in [-0.05, 0) is 24.3 Å². The molecule has 19 heavy (non-hydrogen) atoms. The van der Waals surface area contributed by atoms with Crippen LogP contribution in [0.1, 0.15) is 10.4 Å². The third-order valence-electron chi connectivity index (χ3n) is 2.91. The molecule has 1 N–H and O–H groups in total. The summed E-state index contributed by atoms with van der Waals surface area (Å²) in [5.41, 5.74) is 2.08. The van der Waals surface area contributed by atoms with Crippen molar-refractivity contribution in [3.63, 3.8) is 0 Å². The maximum Gasteiger partial charge on any atom is 0.337 e. The molecule has 3 rings (SSSR count). The van der Waals surface area contributed by atoms with E-state index in [4.69, 9.17) is 11.6 Å². The first kappa shape index (κ1) is 11.7. The van der Waals surface area contributed by atoms with E-state index in [2.05, 4.69) is 4.98 Å². The van der Waals surface area contributed by atoms with Crippen LogP contribution >= 0.6 is 11.6 Å². The standard InChI is InChI=1S/C14H9ClN2O2/c15-10-5-1-2-7-12(10)17-8-16-11-6-3-4-9(13(11)17)14(18)19/h1-8H,(H,18,19). The van der Waals surface area contributed by atoms with Gasteiger partial charge in [-0.2, -0.15) is 0 Å². The first-order chi connectivity index (χ1) is 9.18. The smallest absolute Gasteiger partial charge is 0.337 e. The normalized spacial score (nSPS) is 10.8. The minimum Gasteiger partial charge on any atom is -0.478 e. The molecule has 0 spiro atoms. The predicted octanol–water partition coefficient (Wildman–Crippen LogP) is 3.38. The van der Waals surface area contributed by atoms with Gasteiger partial charge >= 0.3 is 5.97 Å². The Hall–Kier alpha value is -2.33. The van der Waals surface area contributed by atoms with E-state index in [1.54, 1.807) is 35.2 Å². The van der Waals surface area contributed by atoms with Crippen molar-refractivity contribution in [2.24, 2.45) is 0 Å². The van der Waals surface area contributed by atoms with Crippen molar-refractivity contribution in [3.05, 3.63) is 59.4 Å². The molecule has 3 aromatic rings. The lowest BCUT2D eigenvalue weighted by molar-refractivity contribution is 0.0698. The molecular formula is C14H9ClN2O2. The molecule has 2 aromatic carbocycles. The monoisotopic (exact) mass is 272 g/mol. The molecule has 94 valence electrons. The van der Waals surface area contributed by atoms with Crippen molar-refractivity contribution in [2.75, 3.05) is 0 Å². The Bertz CT molecular complexity index is 780. The van der Waals surface area contributed by atoms with E-state index in [0.717, 1.165) is 0 Å². The predicted molar refractivity (Wildman–Crippen MR) is 73.0 cm³/mol. The van der Waals surface area contributed by atoms with Crippen LogP contribution in [0.5, 0.6) is 0 Å². The number of carboxylic acid groups (broad SMARTS) is 1. The highest BCUT2D eigenvalue weighted by Gasteiger charge is 2.15. The maximum atomic E-state index is 11.3. The first-order valence-electron chi connectivity index (χ1n) is 5.63. The second-order valence-corrected chi connectivity index (χ2v) is 4.45. The zero-order valence-electron chi connectivity index (χ0n) is 9.75. The zero-order chi connectivity index (χ0) is 13.4. The second-order valence-electron chi connectivity index (χ2n) is 4.04. The average Bonchev–Trinajstić information content (AvgIpc) is 2.82. The van der Waals surface area contributed by atoms with E-state index >= 15 is 0 Å². The number of fused-ring (bicyclic) bond motifs is 1. The topological polar surface area (TPSA) is 55.1 Å². The molecule has 0 saturated heterocycles. The Morgan fingerprint density at radius 1 is 1.16 bits per heavy atom. The van der Waals surface area contributed by atoms with E-state index in [0.29, 0.717) is 21.7 Å². The van der Waals surface area contributed by atoms with Gasteiger partial charge in [0.15, 0.2) is 0 Å². The molecule has 0 aliphatic rings. The van der Waals surface area contributed by atoms with Gasteiger partial charge < -0.3 is 5.11 Å². The number of hydrogen-bond acceptors (Lipinski definition) is 2. The molecule has 5 heteroatoms. The van der Waals surface area contributed by atoms with E-state index in [1.165, 1.54) is 0 Å².